The van der Waals surface area contributed by atoms with Crippen molar-refractivity contribution in [2.75, 3.05) is 13.2 Å². The summed E-state index contributed by atoms with van der Waals surface area (Å²) in [5.74, 6) is 1.54. The van der Waals surface area contributed by atoms with E-state index in [9.17, 15) is 0 Å². The summed E-state index contributed by atoms with van der Waals surface area (Å²) < 4.78 is 16.6. The van der Waals surface area contributed by atoms with Crippen molar-refractivity contribution < 1.29 is 14.0 Å². The van der Waals surface area contributed by atoms with Crippen molar-refractivity contribution in [3.63, 3.8) is 0 Å². The lowest BCUT2D eigenvalue weighted by Gasteiger charge is -2.42. The molecule has 0 spiro atoms. The Bertz CT molecular complexity index is 814. The average Bonchev–Trinajstić information content (AvgIpc) is 3.11. The van der Waals surface area contributed by atoms with Crippen molar-refractivity contribution in [3.05, 3.63) is 83.7 Å². The maximum Gasteiger partial charge on any atom is 0.174 e. The van der Waals surface area contributed by atoms with Gasteiger partial charge in [-0.3, -0.25) is 0 Å². The van der Waals surface area contributed by atoms with Crippen LogP contribution in [0.3, 0.4) is 0 Å². The molecule has 0 saturated carbocycles. The van der Waals surface area contributed by atoms with E-state index in [4.69, 9.17) is 14.0 Å². The topological polar surface area (TPSA) is 56.5 Å². The van der Waals surface area contributed by atoms with Gasteiger partial charge in [0.2, 0.25) is 0 Å². The molecular weight excluding hydrogens is 328 g/mol. The van der Waals surface area contributed by atoms with Gasteiger partial charge in [0.15, 0.2) is 5.76 Å². The number of para-hydroxylation sites is 1. The van der Waals surface area contributed by atoms with Gasteiger partial charge in [-0.15, -0.1) is 0 Å². The number of nitrogens with one attached hydrogen (secondary N) is 1. The zero-order chi connectivity index (χ0) is 17.7. The van der Waals surface area contributed by atoms with Crippen LogP contribution >= 0.6 is 0 Å². The van der Waals surface area contributed by atoms with E-state index in [0.717, 1.165) is 30.2 Å². The molecule has 2 heterocycles. The fraction of sp³-hybridized carbons (Fsp3) is 0.286. The number of hydrogen-bond donors (Lipinski definition) is 1. The molecule has 1 aliphatic rings. The summed E-state index contributed by atoms with van der Waals surface area (Å²) in [7, 11) is 0. The van der Waals surface area contributed by atoms with E-state index in [0.29, 0.717) is 19.8 Å². The molecule has 0 atom stereocenters. The molecule has 0 bridgehead atoms. The molecule has 1 fully saturated rings. The van der Waals surface area contributed by atoms with Gasteiger partial charge in [-0.2, -0.15) is 0 Å². The first-order chi connectivity index (χ1) is 12.8. The summed E-state index contributed by atoms with van der Waals surface area (Å²) in [5, 5.41) is 7.83. The summed E-state index contributed by atoms with van der Waals surface area (Å²) in [4.78, 5) is 0. The van der Waals surface area contributed by atoms with Gasteiger partial charge in [-0.1, -0.05) is 53.7 Å². The average molecular weight is 350 g/mol. The van der Waals surface area contributed by atoms with Gasteiger partial charge in [-0.25, -0.2) is 0 Å². The van der Waals surface area contributed by atoms with Crippen molar-refractivity contribution in [2.24, 2.45) is 0 Å². The number of nitrogens with zero attached hydrogens (tertiary/aromatic N) is 1. The summed E-state index contributed by atoms with van der Waals surface area (Å²) in [5.41, 5.74) is 2.10. The molecule has 134 valence electrons. The zero-order valence-corrected chi connectivity index (χ0v) is 14.6. The Labute approximate surface area is 152 Å². The standard InChI is InChI=1S/C21H22N2O3/c1-3-7-17(8-4-1)13-22-21(15-24-16-21)12-18-11-20(26-23-18)14-25-19-9-5-2-6-10-19/h1-11,22H,12-16H2. The zero-order valence-electron chi connectivity index (χ0n) is 14.6. The maximum atomic E-state index is 5.71. The van der Waals surface area contributed by atoms with Gasteiger partial charge >= 0.3 is 0 Å². The van der Waals surface area contributed by atoms with Crippen molar-refractivity contribution in [1.29, 1.82) is 0 Å². The molecule has 0 aliphatic carbocycles. The number of rotatable bonds is 8. The second-order valence-corrected chi connectivity index (χ2v) is 6.68. The Hall–Kier alpha value is -2.63. The van der Waals surface area contributed by atoms with Crippen LogP contribution in [0, 0.1) is 0 Å². The van der Waals surface area contributed by atoms with Crippen LogP contribution in [0.2, 0.25) is 0 Å². The first-order valence-electron chi connectivity index (χ1n) is 8.80. The first kappa shape index (κ1) is 16.8. The first-order valence-corrected chi connectivity index (χ1v) is 8.80. The van der Waals surface area contributed by atoms with E-state index < -0.39 is 0 Å². The molecule has 1 aliphatic heterocycles. The Balaban J connectivity index is 1.33. The lowest BCUT2D eigenvalue weighted by atomic mass is 9.91. The Morgan fingerprint density at radius 1 is 1.00 bits per heavy atom. The van der Waals surface area contributed by atoms with E-state index in [1.54, 1.807) is 0 Å². The number of benzene rings is 2. The second-order valence-electron chi connectivity index (χ2n) is 6.68. The monoisotopic (exact) mass is 350 g/mol. The van der Waals surface area contributed by atoms with E-state index in [1.807, 2.05) is 42.5 Å². The summed E-state index contributed by atoms with van der Waals surface area (Å²) in [6.07, 6.45) is 0.772. The van der Waals surface area contributed by atoms with Gasteiger partial charge in [0.25, 0.3) is 0 Å². The highest BCUT2D eigenvalue weighted by Gasteiger charge is 2.39. The van der Waals surface area contributed by atoms with E-state index in [2.05, 4.69) is 34.7 Å². The minimum absolute atomic E-state index is 0.0791. The van der Waals surface area contributed by atoms with Gasteiger partial charge in [0.05, 0.1) is 24.4 Å². The summed E-state index contributed by atoms with van der Waals surface area (Å²) in [6.45, 7) is 2.55. The fourth-order valence-corrected chi connectivity index (χ4v) is 3.03. The number of aromatic nitrogens is 1. The Morgan fingerprint density at radius 2 is 1.73 bits per heavy atom. The lowest BCUT2D eigenvalue weighted by molar-refractivity contribution is -0.0755. The Morgan fingerprint density at radius 3 is 2.42 bits per heavy atom. The van der Waals surface area contributed by atoms with Crippen molar-refractivity contribution in [1.82, 2.24) is 10.5 Å². The van der Waals surface area contributed by atoms with Crippen LogP contribution in [0.5, 0.6) is 5.75 Å². The normalized spacial score (nSPS) is 15.4. The quantitative estimate of drug-likeness (QED) is 0.675. The van der Waals surface area contributed by atoms with Crippen LogP contribution < -0.4 is 10.1 Å². The van der Waals surface area contributed by atoms with Gasteiger partial charge in [0.1, 0.15) is 12.4 Å². The highest BCUT2D eigenvalue weighted by atomic mass is 16.5. The molecule has 0 radical (unpaired) electrons. The van der Waals surface area contributed by atoms with Crippen LogP contribution in [0.4, 0.5) is 0 Å². The van der Waals surface area contributed by atoms with Crippen LogP contribution in [-0.4, -0.2) is 23.9 Å². The number of ether oxygens (including phenoxy) is 2. The molecule has 0 amide bonds. The highest BCUT2D eigenvalue weighted by Crippen LogP contribution is 2.23. The highest BCUT2D eigenvalue weighted by molar-refractivity contribution is 5.21. The maximum absolute atomic E-state index is 5.71. The SMILES string of the molecule is c1ccc(CNC2(Cc3cc(COc4ccccc4)on3)COC2)cc1. The second kappa shape index (κ2) is 7.72. The molecule has 1 saturated heterocycles. The van der Waals surface area contributed by atoms with Crippen molar-refractivity contribution in [2.45, 2.75) is 25.1 Å². The summed E-state index contributed by atoms with van der Waals surface area (Å²) in [6, 6.07) is 22.0. The van der Waals surface area contributed by atoms with E-state index in [-0.39, 0.29) is 5.54 Å². The van der Waals surface area contributed by atoms with Crippen molar-refractivity contribution >= 4 is 0 Å². The predicted octanol–water partition coefficient (Wildman–Crippen LogP) is 3.35. The summed E-state index contributed by atoms with van der Waals surface area (Å²) >= 11 is 0. The molecule has 5 heteroatoms. The third-order valence-electron chi connectivity index (χ3n) is 4.52. The molecule has 0 unspecified atom stereocenters. The minimum Gasteiger partial charge on any atom is -0.486 e. The third-order valence-corrected chi connectivity index (χ3v) is 4.52. The fourth-order valence-electron chi connectivity index (χ4n) is 3.03. The van der Waals surface area contributed by atoms with E-state index in [1.165, 1.54) is 5.56 Å². The van der Waals surface area contributed by atoms with E-state index >= 15 is 0 Å². The molecule has 1 N–H and O–H groups in total. The largest absolute Gasteiger partial charge is 0.486 e. The van der Waals surface area contributed by atoms with Gasteiger partial charge in [0, 0.05) is 19.0 Å². The van der Waals surface area contributed by atoms with Gasteiger partial charge in [-0.05, 0) is 17.7 Å². The smallest absolute Gasteiger partial charge is 0.174 e. The van der Waals surface area contributed by atoms with Crippen LogP contribution in [0.15, 0.2) is 71.3 Å². The molecule has 26 heavy (non-hydrogen) atoms. The van der Waals surface area contributed by atoms with Crippen LogP contribution in [-0.2, 0) is 24.3 Å². The molecule has 4 rings (SSSR count). The molecule has 2 aromatic carbocycles. The molecule has 1 aromatic heterocycles. The third kappa shape index (κ3) is 4.12. The minimum atomic E-state index is -0.0791. The van der Waals surface area contributed by atoms with Crippen LogP contribution in [0.1, 0.15) is 17.0 Å². The molecule has 3 aromatic rings. The molecular formula is C21H22N2O3. The Kier molecular flexibility index (Phi) is 5.00. The van der Waals surface area contributed by atoms with Crippen molar-refractivity contribution in [3.8, 4) is 5.75 Å². The lowest BCUT2D eigenvalue weighted by Crippen LogP contribution is -2.61. The predicted molar refractivity (Wildman–Crippen MR) is 97.8 cm³/mol. The number of hydrogen-bond acceptors (Lipinski definition) is 5. The molecule has 5 nitrogen and oxygen atoms in total. The van der Waals surface area contributed by atoms with Crippen LogP contribution in [0.25, 0.3) is 0 Å². The van der Waals surface area contributed by atoms with Gasteiger partial charge < -0.3 is 19.3 Å².